The number of anilines is 2. The van der Waals surface area contributed by atoms with Gasteiger partial charge in [0.1, 0.15) is 5.52 Å². The van der Waals surface area contributed by atoms with Crippen LogP contribution in [0.4, 0.5) is 11.8 Å². The Morgan fingerprint density at radius 1 is 1.41 bits per heavy atom. The molecule has 0 saturated heterocycles. The summed E-state index contributed by atoms with van der Waals surface area (Å²) in [6.45, 7) is 2.99. The minimum atomic E-state index is 0.565. The van der Waals surface area contributed by atoms with E-state index in [1.165, 1.54) is 12.8 Å². The predicted octanol–water partition coefficient (Wildman–Crippen LogP) is 1.75. The first-order valence-corrected chi connectivity index (χ1v) is 6.08. The zero-order valence-electron chi connectivity index (χ0n) is 9.82. The summed E-state index contributed by atoms with van der Waals surface area (Å²) in [5, 5.41) is 6.59. The first-order valence-electron chi connectivity index (χ1n) is 6.08. The summed E-state index contributed by atoms with van der Waals surface area (Å²) in [6, 6.07) is 0.565. The summed E-state index contributed by atoms with van der Waals surface area (Å²) in [5.41, 5.74) is 1.60. The van der Waals surface area contributed by atoms with Gasteiger partial charge in [0.25, 0.3) is 0 Å². The third-order valence-corrected chi connectivity index (χ3v) is 2.74. The van der Waals surface area contributed by atoms with Crippen LogP contribution in [0.15, 0.2) is 6.33 Å². The van der Waals surface area contributed by atoms with Gasteiger partial charge >= 0.3 is 0 Å². The van der Waals surface area contributed by atoms with Gasteiger partial charge in [-0.1, -0.05) is 6.92 Å². The highest BCUT2D eigenvalue weighted by molar-refractivity contribution is 5.83. The maximum atomic E-state index is 4.49. The monoisotopic (exact) mass is 232 g/mol. The summed E-state index contributed by atoms with van der Waals surface area (Å²) < 4.78 is 0. The van der Waals surface area contributed by atoms with Crippen molar-refractivity contribution in [1.29, 1.82) is 0 Å². The molecule has 6 nitrogen and oxygen atoms in total. The van der Waals surface area contributed by atoms with E-state index in [-0.39, 0.29) is 0 Å². The summed E-state index contributed by atoms with van der Waals surface area (Å²) >= 11 is 0. The summed E-state index contributed by atoms with van der Waals surface area (Å²) in [5.74, 6) is 1.50. The number of imidazole rings is 1. The summed E-state index contributed by atoms with van der Waals surface area (Å²) in [7, 11) is 0. The second-order valence-corrected chi connectivity index (χ2v) is 4.34. The SMILES string of the molecule is CCCNc1nc(NC2CC2)c2[nH]cnc2n1. The van der Waals surface area contributed by atoms with Crippen LogP contribution in [0, 0.1) is 0 Å². The molecule has 0 bridgehead atoms. The molecule has 1 fully saturated rings. The second kappa shape index (κ2) is 4.20. The third-order valence-electron chi connectivity index (χ3n) is 2.74. The Morgan fingerprint density at radius 3 is 3.06 bits per heavy atom. The molecule has 0 radical (unpaired) electrons. The number of aromatic amines is 1. The molecule has 1 saturated carbocycles. The molecule has 3 N–H and O–H groups in total. The van der Waals surface area contributed by atoms with Gasteiger partial charge in [-0.3, -0.25) is 0 Å². The van der Waals surface area contributed by atoms with Crippen molar-refractivity contribution >= 4 is 22.9 Å². The molecular formula is C11H16N6. The van der Waals surface area contributed by atoms with Gasteiger partial charge < -0.3 is 15.6 Å². The molecule has 2 aromatic heterocycles. The minimum absolute atomic E-state index is 0.565. The Hall–Kier alpha value is -1.85. The molecule has 0 aliphatic heterocycles. The van der Waals surface area contributed by atoms with Crippen molar-refractivity contribution in [1.82, 2.24) is 19.9 Å². The van der Waals surface area contributed by atoms with Gasteiger partial charge in [-0.2, -0.15) is 9.97 Å². The van der Waals surface area contributed by atoms with Gasteiger partial charge in [0, 0.05) is 12.6 Å². The van der Waals surface area contributed by atoms with E-state index < -0.39 is 0 Å². The largest absolute Gasteiger partial charge is 0.365 e. The van der Waals surface area contributed by atoms with Crippen LogP contribution in [0.1, 0.15) is 26.2 Å². The standard InChI is InChI=1S/C11H16N6/c1-2-5-12-11-16-9-8(13-6-14-9)10(17-11)15-7-3-4-7/h6-7H,2-5H2,1H3,(H3,12,13,14,15,16,17). The summed E-state index contributed by atoms with van der Waals surface area (Å²) in [4.78, 5) is 16.1. The predicted molar refractivity (Wildman–Crippen MR) is 67.1 cm³/mol. The molecule has 0 unspecified atom stereocenters. The lowest BCUT2D eigenvalue weighted by molar-refractivity contribution is 0.954. The molecule has 17 heavy (non-hydrogen) atoms. The number of hydrogen-bond acceptors (Lipinski definition) is 5. The van der Waals surface area contributed by atoms with Crippen LogP contribution in [0.2, 0.25) is 0 Å². The fourth-order valence-corrected chi connectivity index (χ4v) is 1.67. The Morgan fingerprint density at radius 2 is 2.29 bits per heavy atom. The van der Waals surface area contributed by atoms with Crippen LogP contribution in [-0.2, 0) is 0 Å². The molecule has 0 spiro atoms. The maximum Gasteiger partial charge on any atom is 0.226 e. The van der Waals surface area contributed by atoms with Crippen LogP contribution in [0.5, 0.6) is 0 Å². The Labute approximate surface area is 99.3 Å². The van der Waals surface area contributed by atoms with E-state index in [2.05, 4.69) is 37.5 Å². The van der Waals surface area contributed by atoms with Crippen LogP contribution in [0.25, 0.3) is 11.2 Å². The lowest BCUT2D eigenvalue weighted by Crippen LogP contribution is -2.09. The molecule has 0 atom stereocenters. The van der Waals surface area contributed by atoms with Gasteiger partial charge in [0.15, 0.2) is 11.5 Å². The lowest BCUT2D eigenvalue weighted by Gasteiger charge is -2.07. The van der Waals surface area contributed by atoms with Gasteiger partial charge in [-0.15, -0.1) is 0 Å². The Bertz CT molecular complexity index is 516. The molecule has 0 aromatic carbocycles. The van der Waals surface area contributed by atoms with Crippen molar-refractivity contribution in [3.05, 3.63) is 6.33 Å². The Kier molecular flexibility index (Phi) is 2.55. The molecule has 1 aliphatic rings. The maximum absolute atomic E-state index is 4.49. The molecule has 2 heterocycles. The van der Waals surface area contributed by atoms with E-state index >= 15 is 0 Å². The van der Waals surface area contributed by atoms with Crippen LogP contribution >= 0.6 is 0 Å². The molecule has 1 aliphatic carbocycles. The minimum Gasteiger partial charge on any atom is -0.365 e. The zero-order chi connectivity index (χ0) is 11.7. The number of H-pyrrole nitrogens is 1. The molecule has 6 heteroatoms. The van der Waals surface area contributed by atoms with Crippen LogP contribution < -0.4 is 10.6 Å². The Balaban J connectivity index is 1.94. The first-order chi connectivity index (χ1) is 8.36. The molecular weight excluding hydrogens is 216 g/mol. The highest BCUT2D eigenvalue weighted by Crippen LogP contribution is 2.27. The van der Waals surface area contributed by atoms with Crippen molar-refractivity contribution in [3.63, 3.8) is 0 Å². The van der Waals surface area contributed by atoms with Gasteiger partial charge in [-0.25, -0.2) is 4.98 Å². The van der Waals surface area contributed by atoms with Crippen molar-refractivity contribution in [2.45, 2.75) is 32.2 Å². The fourth-order valence-electron chi connectivity index (χ4n) is 1.67. The topological polar surface area (TPSA) is 78.5 Å². The van der Waals surface area contributed by atoms with E-state index in [9.17, 15) is 0 Å². The number of hydrogen-bond donors (Lipinski definition) is 3. The smallest absolute Gasteiger partial charge is 0.226 e. The van der Waals surface area contributed by atoms with Crippen molar-refractivity contribution in [2.24, 2.45) is 0 Å². The average Bonchev–Trinajstić information content (AvgIpc) is 3.01. The van der Waals surface area contributed by atoms with Crippen LogP contribution in [0.3, 0.4) is 0 Å². The third kappa shape index (κ3) is 2.15. The molecule has 0 amide bonds. The van der Waals surface area contributed by atoms with E-state index in [0.29, 0.717) is 17.6 Å². The van der Waals surface area contributed by atoms with Crippen molar-refractivity contribution in [2.75, 3.05) is 17.2 Å². The van der Waals surface area contributed by atoms with Crippen molar-refractivity contribution in [3.8, 4) is 0 Å². The van der Waals surface area contributed by atoms with E-state index in [1.807, 2.05) is 0 Å². The normalized spacial score (nSPS) is 15.1. The first kappa shape index (κ1) is 10.3. The van der Waals surface area contributed by atoms with E-state index in [4.69, 9.17) is 0 Å². The highest BCUT2D eigenvalue weighted by Gasteiger charge is 2.23. The summed E-state index contributed by atoms with van der Waals surface area (Å²) in [6.07, 6.45) is 5.14. The highest BCUT2D eigenvalue weighted by atomic mass is 15.2. The molecule has 3 rings (SSSR count). The second-order valence-electron chi connectivity index (χ2n) is 4.34. The number of aromatic nitrogens is 4. The number of nitrogens with zero attached hydrogens (tertiary/aromatic N) is 3. The van der Waals surface area contributed by atoms with Gasteiger partial charge in [-0.05, 0) is 19.3 Å². The quantitative estimate of drug-likeness (QED) is 0.732. The molecule has 2 aromatic rings. The number of nitrogens with one attached hydrogen (secondary N) is 3. The van der Waals surface area contributed by atoms with Crippen LogP contribution in [-0.4, -0.2) is 32.5 Å². The van der Waals surface area contributed by atoms with Crippen molar-refractivity contribution < 1.29 is 0 Å². The molecule has 90 valence electrons. The number of rotatable bonds is 5. The lowest BCUT2D eigenvalue weighted by atomic mass is 10.4. The van der Waals surface area contributed by atoms with E-state index in [0.717, 1.165) is 24.3 Å². The fraction of sp³-hybridized carbons (Fsp3) is 0.545. The average molecular weight is 232 g/mol. The van der Waals surface area contributed by atoms with E-state index in [1.54, 1.807) is 6.33 Å². The zero-order valence-corrected chi connectivity index (χ0v) is 9.82. The van der Waals surface area contributed by atoms with Gasteiger partial charge in [0.05, 0.1) is 6.33 Å². The van der Waals surface area contributed by atoms with Gasteiger partial charge in [0.2, 0.25) is 5.95 Å². The number of fused-ring (bicyclic) bond motifs is 1.